The van der Waals surface area contributed by atoms with Gasteiger partial charge in [0, 0.05) is 23.7 Å². The molecule has 0 heterocycles. The summed E-state index contributed by atoms with van der Waals surface area (Å²) in [7, 11) is 0. The molecular formula is C23H28Cl2O7. The van der Waals surface area contributed by atoms with Crippen LogP contribution in [-0.4, -0.2) is 67.5 Å². The number of hydrogen-bond donors (Lipinski definition) is 3. The van der Waals surface area contributed by atoms with Gasteiger partial charge < -0.3 is 20.1 Å². The van der Waals surface area contributed by atoms with Gasteiger partial charge in [-0.3, -0.25) is 14.4 Å². The summed E-state index contributed by atoms with van der Waals surface area (Å²) in [5, 5.41) is 33.0. The Labute approximate surface area is 196 Å². The van der Waals surface area contributed by atoms with Gasteiger partial charge in [-0.05, 0) is 42.9 Å². The predicted octanol–water partition coefficient (Wildman–Crippen LogP) is 1.68. The van der Waals surface area contributed by atoms with E-state index in [1.165, 1.54) is 19.1 Å². The fourth-order valence-corrected chi connectivity index (χ4v) is 8.14. The van der Waals surface area contributed by atoms with Gasteiger partial charge in [-0.1, -0.05) is 19.9 Å². The summed E-state index contributed by atoms with van der Waals surface area (Å²) in [6, 6.07) is 0. The molecule has 0 saturated heterocycles. The molecule has 4 aliphatic carbocycles. The first-order chi connectivity index (χ1) is 14.7. The van der Waals surface area contributed by atoms with Gasteiger partial charge in [0.15, 0.2) is 12.4 Å². The summed E-state index contributed by atoms with van der Waals surface area (Å²) in [5.41, 5.74) is -3.58. The summed E-state index contributed by atoms with van der Waals surface area (Å²) in [6.07, 6.45) is 2.27. The molecule has 0 radical (unpaired) electrons. The normalized spacial score (nSPS) is 49.6. The average Bonchev–Trinajstić information content (AvgIpc) is 2.98. The van der Waals surface area contributed by atoms with Crippen molar-refractivity contribution >= 4 is 40.7 Å². The average molecular weight is 487 g/mol. The zero-order chi connectivity index (χ0) is 23.9. The van der Waals surface area contributed by atoms with Crippen LogP contribution in [0.25, 0.3) is 0 Å². The number of aliphatic hydroxyl groups is 3. The molecule has 9 atom stereocenters. The number of halogens is 2. The predicted molar refractivity (Wildman–Crippen MR) is 116 cm³/mol. The van der Waals surface area contributed by atoms with Crippen molar-refractivity contribution in [2.45, 2.75) is 68.1 Å². The van der Waals surface area contributed by atoms with E-state index in [1.54, 1.807) is 19.9 Å². The quantitative estimate of drug-likeness (QED) is 0.409. The maximum atomic E-state index is 13.0. The Kier molecular flexibility index (Phi) is 5.51. The fraction of sp³-hybridized carbons (Fsp3) is 0.696. The third kappa shape index (κ3) is 2.81. The molecule has 32 heavy (non-hydrogen) atoms. The Balaban J connectivity index is 1.80. The standard InChI is InChI=1S/C23H28Cl2O7/c1-11(26)32-10-16(28)22(31)7-5-13-17-19(30)18(29)14-8-12(27)4-6-20(14,2)23(17,25)15(24)9-21(13,22)3/h4,6,8,13,15,17-19,29-31H,5,7,9-10H2,1-3H3/t13-,15?,17+,18?,19?,20-,21-,22-,23+/m0/s1. The van der Waals surface area contributed by atoms with Gasteiger partial charge >= 0.3 is 5.97 Å². The SMILES string of the molecule is CC(=O)OCC(=O)[C@@]1(O)CC[C@H]2[C@@H]3C(O)C(O)C4=CC(=O)C=C[C@]4(C)[C@@]3(Cl)C(Cl)C[C@@]21C. The van der Waals surface area contributed by atoms with E-state index in [0.29, 0.717) is 12.0 Å². The highest BCUT2D eigenvalue weighted by atomic mass is 35.5. The molecule has 0 bridgehead atoms. The number of alkyl halides is 2. The molecule has 0 aromatic heterocycles. The number of hydrogen-bond acceptors (Lipinski definition) is 7. The van der Waals surface area contributed by atoms with E-state index in [-0.39, 0.29) is 18.6 Å². The van der Waals surface area contributed by atoms with Crippen molar-refractivity contribution in [1.29, 1.82) is 0 Å². The zero-order valence-corrected chi connectivity index (χ0v) is 19.7. The monoisotopic (exact) mass is 486 g/mol. The van der Waals surface area contributed by atoms with Crippen molar-refractivity contribution in [2.24, 2.45) is 22.7 Å². The number of allylic oxidation sites excluding steroid dienone is 3. The second-order valence-corrected chi connectivity index (χ2v) is 11.2. The van der Waals surface area contributed by atoms with Crippen LogP contribution in [-0.2, 0) is 19.1 Å². The molecule has 0 aliphatic heterocycles. The molecular weight excluding hydrogens is 459 g/mol. The number of esters is 1. The minimum atomic E-state index is -1.82. The molecule has 3 saturated carbocycles. The van der Waals surface area contributed by atoms with Crippen molar-refractivity contribution in [3.8, 4) is 0 Å². The Morgan fingerprint density at radius 1 is 1.28 bits per heavy atom. The summed E-state index contributed by atoms with van der Waals surface area (Å²) in [4.78, 5) is 34.9. The molecule has 4 aliphatic rings. The van der Waals surface area contributed by atoms with Crippen LogP contribution < -0.4 is 0 Å². The number of Topliss-reactive ketones (excluding diaryl/α,β-unsaturated/α-hetero) is 1. The van der Waals surface area contributed by atoms with Crippen LogP contribution in [0.1, 0.15) is 40.0 Å². The van der Waals surface area contributed by atoms with Crippen LogP contribution in [0.3, 0.4) is 0 Å². The van der Waals surface area contributed by atoms with Gasteiger partial charge in [0.2, 0.25) is 5.78 Å². The summed E-state index contributed by atoms with van der Waals surface area (Å²) < 4.78 is 4.85. The van der Waals surface area contributed by atoms with Crippen LogP contribution in [0.5, 0.6) is 0 Å². The highest BCUT2D eigenvalue weighted by Gasteiger charge is 2.75. The molecule has 9 heteroatoms. The Morgan fingerprint density at radius 3 is 2.56 bits per heavy atom. The summed E-state index contributed by atoms with van der Waals surface area (Å²) in [6.45, 7) is 4.16. The number of rotatable bonds is 3. The van der Waals surface area contributed by atoms with Crippen LogP contribution >= 0.6 is 23.2 Å². The second kappa shape index (κ2) is 7.37. The topological polar surface area (TPSA) is 121 Å². The van der Waals surface area contributed by atoms with Gasteiger partial charge in [0.25, 0.3) is 0 Å². The number of ether oxygens (including phenoxy) is 1. The van der Waals surface area contributed by atoms with E-state index in [9.17, 15) is 29.7 Å². The minimum absolute atomic E-state index is 0.0951. The van der Waals surface area contributed by atoms with Crippen molar-refractivity contribution in [2.75, 3.05) is 6.61 Å². The highest BCUT2D eigenvalue weighted by molar-refractivity contribution is 6.34. The largest absolute Gasteiger partial charge is 0.458 e. The molecule has 3 unspecified atom stereocenters. The molecule has 0 spiro atoms. The molecule has 0 aromatic rings. The maximum Gasteiger partial charge on any atom is 0.303 e. The lowest BCUT2D eigenvalue weighted by Crippen LogP contribution is -2.72. The lowest BCUT2D eigenvalue weighted by molar-refractivity contribution is -0.175. The first-order valence-corrected chi connectivity index (χ1v) is 11.6. The zero-order valence-electron chi connectivity index (χ0n) is 18.2. The Morgan fingerprint density at radius 2 is 1.94 bits per heavy atom. The molecule has 3 N–H and O–H groups in total. The van der Waals surface area contributed by atoms with Crippen molar-refractivity contribution in [3.63, 3.8) is 0 Å². The highest BCUT2D eigenvalue weighted by Crippen LogP contribution is 2.71. The Bertz CT molecular complexity index is 947. The van der Waals surface area contributed by atoms with Gasteiger partial charge in [-0.25, -0.2) is 0 Å². The van der Waals surface area contributed by atoms with E-state index in [2.05, 4.69) is 0 Å². The van der Waals surface area contributed by atoms with E-state index in [1.807, 2.05) is 0 Å². The molecule has 4 rings (SSSR count). The molecule has 0 amide bonds. The number of aliphatic hydroxyl groups excluding tert-OH is 2. The number of carbonyl (C=O) groups is 3. The van der Waals surface area contributed by atoms with E-state index in [4.69, 9.17) is 27.9 Å². The first-order valence-electron chi connectivity index (χ1n) is 10.8. The van der Waals surface area contributed by atoms with E-state index in [0.717, 1.165) is 0 Å². The maximum absolute atomic E-state index is 13.0. The lowest BCUT2D eigenvalue weighted by Gasteiger charge is -2.65. The molecule has 0 aromatic carbocycles. The third-order valence-corrected chi connectivity index (χ3v) is 10.2. The summed E-state index contributed by atoms with van der Waals surface area (Å²) in [5.74, 6) is -2.77. The van der Waals surface area contributed by atoms with Gasteiger partial charge in [-0.2, -0.15) is 0 Å². The smallest absolute Gasteiger partial charge is 0.303 e. The van der Waals surface area contributed by atoms with Gasteiger partial charge in [0.1, 0.15) is 11.7 Å². The van der Waals surface area contributed by atoms with Crippen molar-refractivity contribution in [1.82, 2.24) is 0 Å². The first kappa shape index (κ1) is 23.9. The number of carbonyl (C=O) groups excluding carboxylic acids is 3. The van der Waals surface area contributed by atoms with Crippen LogP contribution in [0.4, 0.5) is 0 Å². The number of fused-ring (bicyclic) bond motifs is 5. The van der Waals surface area contributed by atoms with Crippen LogP contribution in [0.15, 0.2) is 23.8 Å². The van der Waals surface area contributed by atoms with E-state index >= 15 is 0 Å². The number of ketones is 2. The minimum Gasteiger partial charge on any atom is -0.458 e. The van der Waals surface area contributed by atoms with Crippen LogP contribution in [0, 0.1) is 22.7 Å². The molecule has 7 nitrogen and oxygen atoms in total. The fourth-order valence-electron chi connectivity index (χ4n) is 6.91. The molecule has 3 fully saturated rings. The van der Waals surface area contributed by atoms with Gasteiger partial charge in [0.05, 0.1) is 16.4 Å². The second-order valence-electron chi connectivity index (χ2n) is 10.1. The van der Waals surface area contributed by atoms with Crippen LogP contribution in [0.2, 0.25) is 0 Å². The molecule has 176 valence electrons. The Hall–Kier alpha value is -1.25. The van der Waals surface area contributed by atoms with Crippen molar-refractivity contribution in [3.05, 3.63) is 23.8 Å². The third-order valence-electron chi connectivity index (χ3n) is 8.71. The lowest BCUT2D eigenvalue weighted by atomic mass is 9.45. The van der Waals surface area contributed by atoms with Gasteiger partial charge in [-0.15, -0.1) is 23.2 Å². The summed E-state index contributed by atoms with van der Waals surface area (Å²) >= 11 is 14.2. The van der Waals surface area contributed by atoms with Crippen molar-refractivity contribution < 1.29 is 34.4 Å². The van der Waals surface area contributed by atoms with E-state index < -0.39 is 69.1 Å².